The summed E-state index contributed by atoms with van der Waals surface area (Å²) in [4.78, 5) is 36.7. The lowest BCUT2D eigenvalue weighted by atomic mass is 9.98. The third-order valence-corrected chi connectivity index (χ3v) is 6.19. The van der Waals surface area contributed by atoms with Crippen molar-refractivity contribution in [2.45, 2.75) is 50.6 Å². The molecule has 4 rings (SSSR count). The molecular formula is C25H28N2O5. The van der Waals surface area contributed by atoms with Crippen LogP contribution in [0.1, 0.15) is 49.7 Å². The van der Waals surface area contributed by atoms with Gasteiger partial charge in [0.1, 0.15) is 18.7 Å². The zero-order chi connectivity index (χ0) is 22.7. The van der Waals surface area contributed by atoms with E-state index in [2.05, 4.69) is 22.8 Å². The van der Waals surface area contributed by atoms with Crippen molar-refractivity contribution < 1.29 is 24.2 Å². The van der Waals surface area contributed by atoms with E-state index in [4.69, 9.17) is 4.74 Å². The number of fused-ring (bicyclic) bond motifs is 3. The van der Waals surface area contributed by atoms with Crippen LogP contribution in [0.25, 0.3) is 11.1 Å². The van der Waals surface area contributed by atoms with Crippen molar-refractivity contribution in [1.82, 2.24) is 10.6 Å². The van der Waals surface area contributed by atoms with Crippen LogP contribution in [0, 0.1) is 5.92 Å². The van der Waals surface area contributed by atoms with Gasteiger partial charge in [-0.2, -0.15) is 0 Å². The summed E-state index contributed by atoms with van der Waals surface area (Å²) in [5, 5.41) is 14.6. The fourth-order valence-corrected chi connectivity index (χ4v) is 4.40. The van der Waals surface area contributed by atoms with Crippen LogP contribution in [0.4, 0.5) is 4.79 Å². The van der Waals surface area contributed by atoms with Gasteiger partial charge in [0, 0.05) is 5.92 Å². The van der Waals surface area contributed by atoms with E-state index in [1.54, 1.807) is 0 Å². The molecule has 0 spiro atoms. The molecule has 2 aliphatic rings. The molecule has 2 aromatic carbocycles. The fourth-order valence-electron chi connectivity index (χ4n) is 4.40. The summed E-state index contributed by atoms with van der Waals surface area (Å²) in [6.07, 6.45) is 1.94. The number of hydrogen-bond acceptors (Lipinski definition) is 4. The standard InChI is InChI=1S/C25H28N2O5/c1-2-7-21(23(28)27-22(24(29)30)15-12-13-15)26-25(31)32-14-20-18-10-5-3-8-16(18)17-9-4-6-11-19(17)20/h3-6,8-11,15,20-22H,2,7,12-14H2,1H3,(H,26,31)(H,27,28)(H,29,30)/t21-,22?/m1/s1. The summed E-state index contributed by atoms with van der Waals surface area (Å²) in [6, 6.07) is 14.4. The molecule has 1 saturated carbocycles. The Balaban J connectivity index is 1.39. The predicted molar refractivity (Wildman–Crippen MR) is 119 cm³/mol. The van der Waals surface area contributed by atoms with Crippen molar-refractivity contribution in [1.29, 1.82) is 0 Å². The van der Waals surface area contributed by atoms with Crippen LogP contribution in [-0.4, -0.2) is 41.8 Å². The Kier molecular flexibility index (Phi) is 6.44. The van der Waals surface area contributed by atoms with E-state index < -0.39 is 30.1 Å². The minimum absolute atomic E-state index is 0.0341. The van der Waals surface area contributed by atoms with Gasteiger partial charge in [0.2, 0.25) is 5.91 Å². The minimum atomic E-state index is -1.04. The van der Waals surface area contributed by atoms with Crippen molar-refractivity contribution in [3.8, 4) is 11.1 Å². The van der Waals surface area contributed by atoms with Crippen LogP contribution < -0.4 is 10.6 Å². The Hall–Kier alpha value is -3.35. The van der Waals surface area contributed by atoms with Crippen molar-refractivity contribution in [3.63, 3.8) is 0 Å². The number of carbonyl (C=O) groups is 3. The molecule has 32 heavy (non-hydrogen) atoms. The highest BCUT2D eigenvalue weighted by Crippen LogP contribution is 2.44. The van der Waals surface area contributed by atoms with Gasteiger partial charge in [-0.1, -0.05) is 61.9 Å². The lowest BCUT2D eigenvalue weighted by molar-refractivity contribution is -0.142. The second-order valence-electron chi connectivity index (χ2n) is 8.47. The monoisotopic (exact) mass is 436 g/mol. The third-order valence-electron chi connectivity index (χ3n) is 6.19. The molecule has 3 N–H and O–H groups in total. The molecule has 2 aliphatic carbocycles. The summed E-state index contributed by atoms with van der Waals surface area (Å²) in [7, 11) is 0. The highest BCUT2D eigenvalue weighted by molar-refractivity contribution is 5.89. The maximum Gasteiger partial charge on any atom is 0.407 e. The predicted octanol–water partition coefficient (Wildman–Crippen LogP) is 3.67. The number of ether oxygens (including phenoxy) is 1. The maximum atomic E-state index is 12.7. The average molecular weight is 437 g/mol. The SMILES string of the molecule is CCC[C@@H](NC(=O)OCC1c2ccccc2-c2ccccc21)C(=O)NC(C(=O)O)C1CC1. The first-order chi connectivity index (χ1) is 15.5. The minimum Gasteiger partial charge on any atom is -0.480 e. The molecule has 2 aromatic rings. The Morgan fingerprint density at radius 1 is 1.00 bits per heavy atom. The highest BCUT2D eigenvalue weighted by atomic mass is 16.5. The number of benzene rings is 2. The first kappa shape index (κ1) is 21.9. The largest absolute Gasteiger partial charge is 0.480 e. The first-order valence-electron chi connectivity index (χ1n) is 11.1. The molecule has 2 amide bonds. The smallest absolute Gasteiger partial charge is 0.407 e. The third kappa shape index (κ3) is 4.61. The van der Waals surface area contributed by atoms with Gasteiger partial charge in [0.25, 0.3) is 0 Å². The zero-order valence-electron chi connectivity index (χ0n) is 18.0. The molecule has 7 heteroatoms. The molecule has 0 bridgehead atoms. The van der Waals surface area contributed by atoms with Gasteiger partial charge >= 0.3 is 12.1 Å². The molecule has 0 radical (unpaired) electrons. The maximum absolute atomic E-state index is 12.7. The van der Waals surface area contributed by atoms with Gasteiger partial charge in [-0.3, -0.25) is 4.79 Å². The molecule has 7 nitrogen and oxygen atoms in total. The number of alkyl carbamates (subject to hydrolysis) is 1. The van der Waals surface area contributed by atoms with Crippen LogP contribution in [0.5, 0.6) is 0 Å². The summed E-state index contributed by atoms with van der Waals surface area (Å²) >= 11 is 0. The van der Waals surface area contributed by atoms with Crippen molar-refractivity contribution in [2.75, 3.05) is 6.61 Å². The van der Waals surface area contributed by atoms with Crippen LogP contribution in [0.15, 0.2) is 48.5 Å². The summed E-state index contributed by atoms with van der Waals surface area (Å²) in [6.45, 7) is 2.05. The Morgan fingerprint density at radius 2 is 1.59 bits per heavy atom. The number of hydrogen-bond donors (Lipinski definition) is 3. The van der Waals surface area contributed by atoms with Crippen molar-refractivity contribution in [3.05, 3.63) is 59.7 Å². The molecule has 1 fully saturated rings. The van der Waals surface area contributed by atoms with E-state index in [1.165, 1.54) is 0 Å². The zero-order valence-corrected chi connectivity index (χ0v) is 18.0. The number of rotatable bonds is 9. The molecule has 2 atom stereocenters. The Labute approximate surface area is 187 Å². The summed E-state index contributed by atoms with van der Waals surface area (Å²) in [5.74, 6) is -1.64. The summed E-state index contributed by atoms with van der Waals surface area (Å²) in [5.41, 5.74) is 4.50. The number of carboxylic acids is 1. The van der Waals surface area contributed by atoms with Crippen molar-refractivity contribution in [2.24, 2.45) is 5.92 Å². The van der Waals surface area contributed by atoms with Gasteiger partial charge in [-0.05, 0) is 47.4 Å². The molecule has 1 unspecified atom stereocenters. The van der Waals surface area contributed by atoms with E-state index >= 15 is 0 Å². The lowest BCUT2D eigenvalue weighted by Gasteiger charge is -2.21. The number of carboxylic acid groups (broad SMARTS) is 1. The second-order valence-corrected chi connectivity index (χ2v) is 8.47. The van der Waals surface area contributed by atoms with Gasteiger partial charge in [-0.25, -0.2) is 9.59 Å². The normalized spacial score (nSPS) is 16.4. The van der Waals surface area contributed by atoms with E-state index in [0.29, 0.717) is 12.8 Å². The molecular weight excluding hydrogens is 408 g/mol. The van der Waals surface area contributed by atoms with Gasteiger partial charge in [0.05, 0.1) is 0 Å². The van der Waals surface area contributed by atoms with E-state index in [9.17, 15) is 19.5 Å². The Bertz CT molecular complexity index is 971. The van der Waals surface area contributed by atoms with Crippen molar-refractivity contribution >= 4 is 18.0 Å². The van der Waals surface area contributed by atoms with Gasteiger partial charge in [0.15, 0.2) is 0 Å². The van der Waals surface area contributed by atoms with E-state index in [0.717, 1.165) is 35.1 Å². The fraction of sp³-hybridized carbons (Fsp3) is 0.400. The number of aliphatic carboxylic acids is 1. The second kappa shape index (κ2) is 9.42. The van der Waals surface area contributed by atoms with Gasteiger partial charge in [-0.15, -0.1) is 0 Å². The number of amides is 2. The van der Waals surface area contributed by atoms with Crippen LogP contribution in [-0.2, 0) is 14.3 Å². The van der Waals surface area contributed by atoms with Crippen LogP contribution in [0.2, 0.25) is 0 Å². The lowest BCUT2D eigenvalue weighted by Crippen LogP contribution is -2.52. The molecule has 0 aromatic heterocycles. The average Bonchev–Trinajstić information content (AvgIpc) is 3.58. The first-order valence-corrected chi connectivity index (χ1v) is 11.1. The number of carbonyl (C=O) groups excluding carboxylic acids is 2. The van der Waals surface area contributed by atoms with Gasteiger partial charge < -0.3 is 20.5 Å². The Morgan fingerprint density at radius 3 is 2.12 bits per heavy atom. The van der Waals surface area contributed by atoms with E-state index in [-0.39, 0.29) is 18.4 Å². The highest BCUT2D eigenvalue weighted by Gasteiger charge is 2.38. The van der Waals surface area contributed by atoms with Crippen LogP contribution >= 0.6 is 0 Å². The topological polar surface area (TPSA) is 105 Å². The molecule has 0 aliphatic heterocycles. The molecule has 0 heterocycles. The summed E-state index contributed by atoms with van der Waals surface area (Å²) < 4.78 is 5.53. The van der Waals surface area contributed by atoms with Crippen LogP contribution in [0.3, 0.4) is 0 Å². The quantitative estimate of drug-likeness (QED) is 0.556. The molecule has 0 saturated heterocycles. The molecule has 168 valence electrons. The number of nitrogens with one attached hydrogen (secondary N) is 2. The van der Waals surface area contributed by atoms with E-state index in [1.807, 2.05) is 43.3 Å².